The van der Waals surface area contributed by atoms with Crippen LogP contribution in [0.5, 0.6) is 0 Å². The first-order valence-corrected chi connectivity index (χ1v) is 6.06. The lowest BCUT2D eigenvalue weighted by Gasteiger charge is -2.08. The summed E-state index contributed by atoms with van der Waals surface area (Å²) in [5, 5.41) is 10.8. The predicted octanol–water partition coefficient (Wildman–Crippen LogP) is 3.45. The average molecular weight is 288 g/mol. The quantitative estimate of drug-likeness (QED) is 0.484. The van der Waals surface area contributed by atoms with Crippen molar-refractivity contribution in [2.24, 2.45) is 5.92 Å². The van der Waals surface area contributed by atoms with Gasteiger partial charge in [0.1, 0.15) is 5.82 Å². The van der Waals surface area contributed by atoms with Crippen LogP contribution in [-0.2, 0) is 6.42 Å². The molecule has 86 valence electrons. The molecule has 0 aromatic heterocycles. The number of nitrogens with zero attached hydrogens (tertiary/aromatic N) is 1. The molecule has 3 nitrogen and oxygen atoms in total. The summed E-state index contributed by atoms with van der Waals surface area (Å²) in [6, 6.07) is 3.62. The maximum atomic E-state index is 13.0. The molecule has 0 N–H and O–H groups in total. The van der Waals surface area contributed by atoms with Gasteiger partial charge in [-0.05, 0) is 37.3 Å². The van der Waals surface area contributed by atoms with Gasteiger partial charge in [0.2, 0.25) is 0 Å². The second-order valence-corrected chi connectivity index (χ2v) is 5.26. The highest BCUT2D eigenvalue weighted by atomic mass is 79.9. The fraction of sp³-hybridized carbons (Fsp3) is 0.455. The third-order valence-corrected chi connectivity index (χ3v) is 3.86. The van der Waals surface area contributed by atoms with Crippen LogP contribution in [0.2, 0.25) is 0 Å². The van der Waals surface area contributed by atoms with Crippen molar-refractivity contribution in [1.29, 1.82) is 0 Å². The van der Waals surface area contributed by atoms with E-state index in [0.717, 1.165) is 18.9 Å². The average Bonchev–Trinajstić information content (AvgIpc) is 2.99. The van der Waals surface area contributed by atoms with Gasteiger partial charge in [0.05, 0.1) is 4.92 Å². The number of hydrogen-bond donors (Lipinski definition) is 0. The molecule has 1 aliphatic rings. The molecular formula is C11H11BrFNO2. The zero-order valence-corrected chi connectivity index (χ0v) is 10.1. The standard InChI is InChI=1S/C11H11BrFNO2/c12-10(7-1-2-7)6-8-5-9(13)3-4-11(8)14(15)16/h3-5,7,10H,1-2,6H2. The number of nitro benzene ring substituents is 1. The molecule has 1 unspecified atom stereocenters. The molecule has 0 bridgehead atoms. The zero-order chi connectivity index (χ0) is 11.7. The van der Waals surface area contributed by atoms with E-state index in [4.69, 9.17) is 0 Å². The summed E-state index contributed by atoms with van der Waals surface area (Å²) in [6.45, 7) is 0. The topological polar surface area (TPSA) is 43.1 Å². The Labute approximate surface area is 101 Å². The lowest BCUT2D eigenvalue weighted by molar-refractivity contribution is -0.385. The Kier molecular flexibility index (Phi) is 3.23. The minimum absolute atomic E-state index is 0.00602. The molecule has 0 heterocycles. The van der Waals surface area contributed by atoms with Crippen LogP contribution in [0.15, 0.2) is 18.2 Å². The molecular weight excluding hydrogens is 277 g/mol. The highest BCUT2D eigenvalue weighted by Crippen LogP contribution is 2.39. The smallest absolute Gasteiger partial charge is 0.258 e. The minimum Gasteiger partial charge on any atom is -0.258 e. The van der Waals surface area contributed by atoms with Gasteiger partial charge in [0.15, 0.2) is 0 Å². The van der Waals surface area contributed by atoms with Gasteiger partial charge in [-0.25, -0.2) is 4.39 Å². The molecule has 16 heavy (non-hydrogen) atoms. The fourth-order valence-corrected chi connectivity index (χ4v) is 2.61. The van der Waals surface area contributed by atoms with E-state index in [2.05, 4.69) is 15.9 Å². The fourth-order valence-electron chi connectivity index (χ4n) is 1.73. The lowest BCUT2D eigenvalue weighted by atomic mass is 10.1. The first-order valence-electron chi connectivity index (χ1n) is 5.15. The van der Waals surface area contributed by atoms with E-state index in [0.29, 0.717) is 17.9 Å². The number of halogens is 2. The summed E-state index contributed by atoms with van der Waals surface area (Å²) in [4.78, 5) is 10.5. The number of alkyl halides is 1. The van der Waals surface area contributed by atoms with Crippen LogP contribution in [0.3, 0.4) is 0 Å². The van der Waals surface area contributed by atoms with E-state index in [1.165, 1.54) is 12.1 Å². The SMILES string of the molecule is O=[N+]([O-])c1ccc(F)cc1CC(Br)C1CC1. The van der Waals surface area contributed by atoms with Crippen molar-refractivity contribution in [2.45, 2.75) is 24.1 Å². The van der Waals surface area contributed by atoms with Crippen LogP contribution in [0.25, 0.3) is 0 Å². The zero-order valence-electron chi connectivity index (χ0n) is 8.53. The van der Waals surface area contributed by atoms with Gasteiger partial charge in [-0.3, -0.25) is 10.1 Å². The van der Waals surface area contributed by atoms with Gasteiger partial charge in [0.25, 0.3) is 5.69 Å². The summed E-state index contributed by atoms with van der Waals surface area (Å²) in [5.74, 6) is 0.166. The first kappa shape index (κ1) is 11.5. The molecule has 5 heteroatoms. The van der Waals surface area contributed by atoms with Crippen molar-refractivity contribution in [3.63, 3.8) is 0 Å². The predicted molar refractivity (Wildman–Crippen MR) is 62.2 cm³/mol. The molecule has 1 atom stereocenters. The number of rotatable bonds is 4. The van der Waals surface area contributed by atoms with E-state index in [1.54, 1.807) is 0 Å². The van der Waals surface area contributed by atoms with Gasteiger partial charge in [-0.2, -0.15) is 0 Å². The van der Waals surface area contributed by atoms with Crippen LogP contribution in [0.4, 0.5) is 10.1 Å². The third kappa shape index (κ3) is 2.58. The third-order valence-electron chi connectivity index (χ3n) is 2.79. The van der Waals surface area contributed by atoms with Gasteiger partial charge in [0, 0.05) is 16.5 Å². The second kappa shape index (κ2) is 4.49. The maximum absolute atomic E-state index is 13.0. The van der Waals surface area contributed by atoms with Crippen molar-refractivity contribution in [3.8, 4) is 0 Å². The highest BCUT2D eigenvalue weighted by Gasteiger charge is 2.30. The Balaban J connectivity index is 2.22. The van der Waals surface area contributed by atoms with Crippen LogP contribution in [0.1, 0.15) is 18.4 Å². The van der Waals surface area contributed by atoms with E-state index in [1.807, 2.05) is 0 Å². The Morgan fingerprint density at radius 2 is 2.25 bits per heavy atom. The molecule has 1 aliphatic carbocycles. The summed E-state index contributed by atoms with van der Waals surface area (Å²) in [7, 11) is 0. The van der Waals surface area contributed by atoms with E-state index in [-0.39, 0.29) is 10.5 Å². The monoisotopic (exact) mass is 287 g/mol. The van der Waals surface area contributed by atoms with Crippen LogP contribution >= 0.6 is 15.9 Å². The Morgan fingerprint density at radius 1 is 1.56 bits per heavy atom. The van der Waals surface area contributed by atoms with Crippen molar-refractivity contribution in [1.82, 2.24) is 0 Å². The Bertz CT molecular complexity index is 420. The number of nitro groups is 1. The van der Waals surface area contributed by atoms with Crippen molar-refractivity contribution < 1.29 is 9.31 Å². The normalized spacial score (nSPS) is 17.1. The molecule has 0 amide bonds. The maximum Gasteiger partial charge on any atom is 0.272 e. The van der Waals surface area contributed by atoms with Gasteiger partial charge in [-0.1, -0.05) is 15.9 Å². The molecule has 1 saturated carbocycles. The van der Waals surface area contributed by atoms with Crippen molar-refractivity contribution >= 4 is 21.6 Å². The number of benzene rings is 1. The molecule has 0 spiro atoms. The summed E-state index contributed by atoms with van der Waals surface area (Å²) in [6.07, 6.45) is 2.82. The van der Waals surface area contributed by atoms with Crippen molar-refractivity contribution in [2.75, 3.05) is 0 Å². The van der Waals surface area contributed by atoms with Crippen LogP contribution in [-0.4, -0.2) is 9.75 Å². The largest absolute Gasteiger partial charge is 0.272 e. The van der Waals surface area contributed by atoms with Gasteiger partial charge >= 0.3 is 0 Å². The highest BCUT2D eigenvalue weighted by molar-refractivity contribution is 9.09. The molecule has 0 aliphatic heterocycles. The molecule has 1 fully saturated rings. The van der Waals surface area contributed by atoms with Gasteiger partial charge in [-0.15, -0.1) is 0 Å². The molecule has 1 aromatic rings. The van der Waals surface area contributed by atoms with E-state index >= 15 is 0 Å². The number of hydrogen-bond acceptors (Lipinski definition) is 2. The molecule has 0 radical (unpaired) electrons. The Morgan fingerprint density at radius 3 is 2.81 bits per heavy atom. The lowest BCUT2D eigenvalue weighted by Crippen LogP contribution is -2.07. The Hall–Kier alpha value is -0.970. The van der Waals surface area contributed by atoms with E-state index in [9.17, 15) is 14.5 Å². The van der Waals surface area contributed by atoms with Crippen molar-refractivity contribution in [3.05, 3.63) is 39.7 Å². The first-order chi connectivity index (χ1) is 7.58. The van der Waals surface area contributed by atoms with Gasteiger partial charge < -0.3 is 0 Å². The molecule has 2 rings (SSSR count). The summed E-state index contributed by atoms with van der Waals surface area (Å²) in [5.41, 5.74) is 0.477. The minimum atomic E-state index is -0.457. The second-order valence-electron chi connectivity index (χ2n) is 4.09. The summed E-state index contributed by atoms with van der Waals surface area (Å²) >= 11 is 3.50. The van der Waals surface area contributed by atoms with Crippen LogP contribution < -0.4 is 0 Å². The molecule has 0 saturated heterocycles. The molecule has 1 aromatic carbocycles. The summed E-state index contributed by atoms with van der Waals surface area (Å²) < 4.78 is 13.0. The van der Waals surface area contributed by atoms with Crippen LogP contribution in [0, 0.1) is 21.8 Å². The van der Waals surface area contributed by atoms with E-state index < -0.39 is 10.7 Å².